The van der Waals surface area contributed by atoms with E-state index in [2.05, 4.69) is 35.9 Å². The fraction of sp³-hybridized carbons (Fsp3) is 0.571. The Hall–Kier alpha value is -1.26. The van der Waals surface area contributed by atoms with Gasteiger partial charge in [0.25, 0.3) is 0 Å². The Balaban J connectivity index is 2.15. The van der Waals surface area contributed by atoms with Crippen LogP contribution < -0.4 is 9.64 Å². The summed E-state index contributed by atoms with van der Waals surface area (Å²) in [7, 11) is 3.75. The van der Waals surface area contributed by atoms with E-state index in [0.717, 1.165) is 18.8 Å². The van der Waals surface area contributed by atoms with E-state index in [1.165, 1.54) is 5.69 Å². The first kappa shape index (κ1) is 13.2. The quantitative estimate of drug-likeness (QED) is 0.874. The van der Waals surface area contributed by atoms with Gasteiger partial charge >= 0.3 is 0 Å². The number of ether oxygens (including phenoxy) is 1. The number of hydrogen-bond donors (Lipinski definition) is 1. The van der Waals surface area contributed by atoms with Crippen molar-refractivity contribution in [3.63, 3.8) is 0 Å². The molecule has 1 aromatic carbocycles. The van der Waals surface area contributed by atoms with Crippen LogP contribution in [-0.4, -0.2) is 55.9 Å². The molecular weight excluding hydrogens is 228 g/mol. The molecule has 1 N–H and O–H groups in total. The largest absolute Gasteiger partial charge is 0.497 e. The Kier molecular flexibility index (Phi) is 4.09. The van der Waals surface area contributed by atoms with Gasteiger partial charge in [-0.2, -0.15) is 0 Å². The number of aliphatic hydroxyl groups excluding tert-OH is 1. The third-order valence-corrected chi connectivity index (χ3v) is 3.73. The molecule has 1 aliphatic rings. The van der Waals surface area contributed by atoms with Crippen molar-refractivity contribution in [1.82, 2.24) is 4.90 Å². The smallest absolute Gasteiger partial charge is 0.119 e. The van der Waals surface area contributed by atoms with Crippen LogP contribution in [-0.2, 0) is 0 Å². The van der Waals surface area contributed by atoms with Gasteiger partial charge in [0.1, 0.15) is 5.75 Å². The number of benzene rings is 1. The second kappa shape index (κ2) is 5.59. The standard InChI is InChI=1S/C14H22N2O2/c1-11-8-15(2)13(10-17)9-16(11)12-4-6-14(18-3)7-5-12/h4-7,11,13,17H,8-10H2,1-3H3. The lowest BCUT2D eigenvalue weighted by Crippen LogP contribution is -2.57. The van der Waals surface area contributed by atoms with E-state index in [1.807, 2.05) is 12.1 Å². The van der Waals surface area contributed by atoms with Crippen molar-refractivity contribution in [2.75, 3.05) is 38.8 Å². The zero-order valence-electron chi connectivity index (χ0n) is 11.3. The molecule has 2 atom stereocenters. The van der Waals surface area contributed by atoms with Gasteiger partial charge in [0, 0.05) is 24.8 Å². The Morgan fingerprint density at radius 3 is 2.50 bits per heavy atom. The van der Waals surface area contributed by atoms with Crippen molar-refractivity contribution >= 4 is 5.69 Å². The van der Waals surface area contributed by atoms with Gasteiger partial charge in [-0.1, -0.05) is 0 Å². The lowest BCUT2D eigenvalue weighted by molar-refractivity contribution is 0.122. The van der Waals surface area contributed by atoms with Crippen molar-refractivity contribution < 1.29 is 9.84 Å². The van der Waals surface area contributed by atoms with E-state index < -0.39 is 0 Å². The minimum absolute atomic E-state index is 0.204. The van der Waals surface area contributed by atoms with E-state index in [1.54, 1.807) is 7.11 Å². The molecule has 0 aliphatic carbocycles. The Bertz CT molecular complexity index is 380. The molecule has 0 spiro atoms. The fourth-order valence-electron chi connectivity index (χ4n) is 2.54. The highest BCUT2D eigenvalue weighted by atomic mass is 16.5. The number of rotatable bonds is 3. The van der Waals surface area contributed by atoms with Crippen molar-refractivity contribution in [2.24, 2.45) is 0 Å². The minimum Gasteiger partial charge on any atom is -0.497 e. The van der Waals surface area contributed by atoms with Crippen molar-refractivity contribution in [2.45, 2.75) is 19.0 Å². The lowest BCUT2D eigenvalue weighted by atomic mass is 10.1. The van der Waals surface area contributed by atoms with Crippen LogP contribution in [0, 0.1) is 0 Å². The highest BCUT2D eigenvalue weighted by Crippen LogP contribution is 2.24. The van der Waals surface area contributed by atoms with Crippen molar-refractivity contribution in [3.05, 3.63) is 24.3 Å². The summed E-state index contributed by atoms with van der Waals surface area (Å²) in [6.45, 7) is 4.25. The fourth-order valence-corrected chi connectivity index (χ4v) is 2.54. The minimum atomic E-state index is 0.204. The second-order valence-corrected chi connectivity index (χ2v) is 4.98. The van der Waals surface area contributed by atoms with E-state index >= 15 is 0 Å². The summed E-state index contributed by atoms with van der Waals surface area (Å²) in [5, 5.41) is 9.41. The lowest BCUT2D eigenvalue weighted by Gasteiger charge is -2.44. The molecule has 1 heterocycles. The van der Waals surface area contributed by atoms with Gasteiger partial charge in [0.2, 0.25) is 0 Å². The van der Waals surface area contributed by atoms with Crippen LogP contribution in [0.5, 0.6) is 5.75 Å². The summed E-state index contributed by atoms with van der Waals surface area (Å²) in [6.07, 6.45) is 0. The first-order valence-corrected chi connectivity index (χ1v) is 6.37. The molecule has 1 fully saturated rings. The molecule has 0 bridgehead atoms. The normalized spacial score (nSPS) is 25.2. The predicted octanol–water partition coefficient (Wildman–Crippen LogP) is 1.20. The maximum Gasteiger partial charge on any atom is 0.119 e. The van der Waals surface area contributed by atoms with Gasteiger partial charge in [0.15, 0.2) is 0 Å². The molecule has 1 saturated heterocycles. The van der Waals surface area contributed by atoms with E-state index in [-0.39, 0.29) is 12.6 Å². The first-order valence-electron chi connectivity index (χ1n) is 6.37. The van der Waals surface area contributed by atoms with Gasteiger partial charge in [-0.05, 0) is 38.2 Å². The number of piperazine rings is 1. The Labute approximate surface area is 109 Å². The molecule has 0 aromatic heterocycles. The molecule has 18 heavy (non-hydrogen) atoms. The molecule has 2 rings (SSSR count). The van der Waals surface area contributed by atoms with Crippen LogP contribution in [0.25, 0.3) is 0 Å². The Morgan fingerprint density at radius 1 is 1.28 bits per heavy atom. The zero-order valence-corrected chi connectivity index (χ0v) is 11.3. The number of methoxy groups -OCH3 is 1. The SMILES string of the molecule is COc1ccc(N2CC(CO)N(C)CC2C)cc1. The summed E-state index contributed by atoms with van der Waals surface area (Å²) in [5.41, 5.74) is 1.19. The van der Waals surface area contributed by atoms with E-state index in [0.29, 0.717) is 6.04 Å². The molecule has 1 aliphatic heterocycles. The van der Waals surface area contributed by atoms with Crippen LogP contribution in [0.15, 0.2) is 24.3 Å². The summed E-state index contributed by atoms with van der Waals surface area (Å²) < 4.78 is 5.18. The molecule has 0 saturated carbocycles. The topological polar surface area (TPSA) is 35.9 Å². The maximum absolute atomic E-state index is 9.41. The number of aliphatic hydroxyl groups is 1. The van der Waals surface area contributed by atoms with Gasteiger partial charge in [-0.25, -0.2) is 0 Å². The molecule has 1 aromatic rings. The van der Waals surface area contributed by atoms with Crippen LogP contribution in [0.1, 0.15) is 6.92 Å². The average Bonchev–Trinajstić information content (AvgIpc) is 2.39. The van der Waals surface area contributed by atoms with E-state index in [4.69, 9.17) is 4.74 Å². The highest BCUT2D eigenvalue weighted by molar-refractivity contribution is 5.50. The van der Waals surface area contributed by atoms with Crippen LogP contribution in [0.2, 0.25) is 0 Å². The molecule has 0 amide bonds. The molecule has 2 unspecified atom stereocenters. The Morgan fingerprint density at radius 2 is 1.94 bits per heavy atom. The van der Waals surface area contributed by atoms with Crippen molar-refractivity contribution in [1.29, 1.82) is 0 Å². The molecule has 0 radical (unpaired) electrons. The van der Waals surface area contributed by atoms with Crippen LogP contribution in [0.4, 0.5) is 5.69 Å². The van der Waals surface area contributed by atoms with Gasteiger partial charge < -0.3 is 14.7 Å². The zero-order chi connectivity index (χ0) is 13.1. The third-order valence-electron chi connectivity index (χ3n) is 3.73. The molecule has 100 valence electrons. The number of nitrogens with zero attached hydrogens (tertiary/aromatic N) is 2. The van der Waals surface area contributed by atoms with Gasteiger partial charge in [0.05, 0.1) is 19.8 Å². The predicted molar refractivity (Wildman–Crippen MR) is 73.3 cm³/mol. The third kappa shape index (κ3) is 2.60. The maximum atomic E-state index is 9.41. The first-order chi connectivity index (χ1) is 8.65. The highest BCUT2D eigenvalue weighted by Gasteiger charge is 2.28. The van der Waals surface area contributed by atoms with Gasteiger partial charge in [-0.3, -0.25) is 4.90 Å². The molecular formula is C14H22N2O2. The van der Waals surface area contributed by atoms with Crippen molar-refractivity contribution in [3.8, 4) is 5.75 Å². The summed E-state index contributed by atoms with van der Waals surface area (Å²) in [5.74, 6) is 0.874. The van der Waals surface area contributed by atoms with E-state index in [9.17, 15) is 5.11 Å². The van der Waals surface area contributed by atoms with Crippen LogP contribution in [0.3, 0.4) is 0 Å². The summed E-state index contributed by atoms with van der Waals surface area (Å²) >= 11 is 0. The number of anilines is 1. The monoisotopic (exact) mass is 250 g/mol. The number of hydrogen-bond acceptors (Lipinski definition) is 4. The molecule has 4 heteroatoms. The second-order valence-electron chi connectivity index (χ2n) is 4.98. The number of likely N-dealkylation sites (N-methyl/N-ethyl adjacent to an activating group) is 1. The van der Waals surface area contributed by atoms with Gasteiger partial charge in [-0.15, -0.1) is 0 Å². The molecule has 4 nitrogen and oxygen atoms in total. The van der Waals surface area contributed by atoms with Crippen LogP contribution >= 0.6 is 0 Å². The summed E-state index contributed by atoms with van der Waals surface area (Å²) in [4.78, 5) is 4.57. The average molecular weight is 250 g/mol. The summed E-state index contributed by atoms with van der Waals surface area (Å²) in [6, 6.07) is 8.78.